The first-order chi connectivity index (χ1) is 6.69. The van der Waals surface area contributed by atoms with Crippen LogP contribution in [-0.2, 0) is 0 Å². The number of benzene rings is 1. The first kappa shape index (κ1) is 12.0. The van der Waals surface area contributed by atoms with Gasteiger partial charge in [0.1, 0.15) is 11.8 Å². The van der Waals surface area contributed by atoms with E-state index in [1.165, 1.54) is 12.1 Å². The molecular formula is C10H13N3O. The Labute approximate surface area is 83.1 Å². The van der Waals surface area contributed by atoms with E-state index in [2.05, 4.69) is 0 Å². The smallest absolute Gasteiger partial charge is 0.118 e. The highest BCUT2D eigenvalue weighted by atomic mass is 16.3. The number of hydrogen-bond donors (Lipinski definition) is 3. The van der Waals surface area contributed by atoms with Crippen LogP contribution in [-0.4, -0.2) is 11.3 Å². The monoisotopic (exact) mass is 191 g/mol. The van der Waals surface area contributed by atoms with Gasteiger partial charge in [-0.15, -0.1) is 0 Å². The van der Waals surface area contributed by atoms with Crippen LogP contribution in [0.25, 0.3) is 0 Å². The Morgan fingerprint density at radius 3 is 2.50 bits per heavy atom. The van der Waals surface area contributed by atoms with Gasteiger partial charge < -0.3 is 16.2 Å². The van der Waals surface area contributed by atoms with Gasteiger partial charge in [-0.2, -0.15) is 5.26 Å². The molecule has 0 fully saturated rings. The molecule has 0 saturated carbocycles. The summed E-state index contributed by atoms with van der Waals surface area (Å²) in [5.41, 5.74) is 6.24. The van der Waals surface area contributed by atoms with Gasteiger partial charge in [0.25, 0.3) is 0 Å². The van der Waals surface area contributed by atoms with Crippen molar-refractivity contribution in [2.24, 2.45) is 0 Å². The van der Waals surface area contributed by atoms with Gasteiger partial charge in [0.05, 0.1) is 5.56 Å². The normalized spacial score (nSPS) is 8.07. The molecule has 0 atom stereocenters. The number of anilines is 1. The third-order valence-electron chi connectivity index (χ3n) is 1.46. The van der Waals surface area contributed by atoms with Crippen LogP contribution in [0, 0.1) is 16.7 Å². The molecule has 0 bridgehead atoms. The van der Waals surface area contributed by atoms with Crippen molar-refractivity contribution in [2.45, 2.75) is 13.8 Å². The quantitative estimate of drug-likeness (QED) is 0.467. The van der Waals surface area contributed by atoms with E-state index in [0.717, 1.165) is 6.21 Å². The van der Waals surface area contributed by atoms with E-state index in [0.29, 0.717) is 5.56 Å². The first-order valence-electron chi connectivity index (χ1n) is 4.22. The predicted octanol–water partition coefficient (Wildman–Crippen LogP) is 1.87. The van der Waals surface area contributed by atoms with Crippen molar-refractivity contribution < 1.29 is 5.11 Å². The third-order valence-corrected chi connectivity index (χ3v) is 1.46. The van der Waals surface area contributed by atoms with E-state index >= 15 is 0 Å². The van der Waals surface area contributed by atoms with Crippen molar-refractivity contribution in [1.82, 2.24) is 0 Å². The summed E-state index contributed by atoms with van der Waals surface area (Å²) in [4.78, 5) is 0. The summed E-state index contributed by atoms with van der Waals surface area (Å²) in [5, 5.41) is 24.6. The predicted molar refractivity (Wildman–Crippen MR) is 56.5 cm³/mol. The maximum absolute atomic E-state index is 9.04. The molecule has 0 spiro atoms. The van der Waals surface area contributed by atoms with Crippen molar-refractivity contribution >= 4 is 11.9 Å². The number of hydrogen-bond acceptors (Lipinski definition) is 4. The van der Waals surface area contributed by atoms with Gasteiger partial charge in [-0.05, 0) is 6.07 Å². The lowest BCUT2D eigenvalue weighted by atomic mass is 10.1. The molecule has 0 amide bonds. The zero-order valence-electron chi connectivity index (χ0n) is 8.20. The van der Waals surface area contributed by atoms with E-state index in [4.69, 9.17) is 21.5 Å². The van der Waals surface area contributed by atoms with Gasteiger partial charge in [0.2, 0.25) is 0 Å². The van der Waals surface area contributed by atoms with Crippen molar-refractivity contribution in [3.8, 4) is 11.8 Å². The second kappa shape index (κ2) is 5.60. The summed E-state index contributed by atoms with van der Waals surface area (Å²) in [6, 6.07) is 4.42. The molecule has 0 unspecified atom stereocenters. The van der Waals surface area contributed by atoms with Gasteiger partial charge in [-0.3, -0.25) is 0 Å². The molecular weight excluding hydrogens is 178 g/mol. The van der Waals surface area contributed by atoms with Gasteiger partial charge in [0.15, 0.2) is 0 Å². The zero-order valence-corrected chi connectivity index (χ0v) is 8.20. The second-order valence-corrected chi connectivity index (χ2v) is 2.25. The number of nitrogens with one attached hydrogen (secondary N) is 1. The first-order valence-corrected chi connectivity index (χ1v) is 4.22. The van der Waals surface area contributed by atoms with Crippen molar-refractivity contribution in [2.75, 3.05) is 5.73 Å². The third kappa shape index (κ3) is 2.49. The molecule has 1 rings (SSSR count). The molecule has 0 aliphatic rings. The lowest BCUT2D eigenvalue weighted by molar-refractivity contribution is 0.475. The molecule has 74 valence electrons. The Bertz CT molecular complexity index is 366. The minimum Gasteiger partial charge on any atom is -0.508 e. The molecule has 0 aromatic heterocycles. The summed E-state index contributed by atoms with van der Waals surface area (Å²) in [6.45, 7) is 4.00. The molecule has 4 heteroatoms. The standard InChI is InChI=1S/C8H7N3O.C2H6/c9-3-5-1-6(12)2-8(11)7(5)4-10;1-2/h1-2,4,10,12H,11H2;1-2H3. The van der Waals surface area contributed by atoms with Crippen LogP contribution in [0.15, 0.2) is 12.1 Å². The number of aromatic hydroxyl groups is 1. The highest BCUT2D eigenvalue weighted by Crippen LogP contribution is 2.21. The topological polar surface area (TPSA) is 93.9 Å². The van der Waals surface area contributed by atoms with Crippen LogP contribution in [0.4, 0.5) is 5.69 Å². The highest BCUT2D eigenvalue weighted by Gasteiger charge is 2.05. The molecule has 4 nitrogen and oxygen atoms in total. The van der Waals surface area contributed by atoms with Crippen molar-refractivity contribution in [1.29, 1.82) is 10.7 Å². The van der Waals surface area contributed by atoms with Gasteiger partial charge in [-0.1, -0.05) is 13.8 Å². The molecule has 0 aliphatic heterocycles. The maximum Gasteiger partial charge on any atom is 0.118 e. The molecule has 1 aromatic carbocycles. The second-order valence-electron chi connectivity index (χ2n) is 2.25. The van der Waals surface area contributed by atoms with Crippen LogP contribution in [0.2, 0.25) is 0 Å². The lowest BCUT2D eigenvalue weighted by Crippen LogP contribution is -1.95. The molecule has 0 aliphatic carbocycles. The summed E-state index contributed by atoms with van der Waals surface area (Å²) >= 11 is 0. The van der Waals surface area contributed by atoms with Crippen LogP contribution < -0.4 is 5.73 Å². The average Bonchev–Trinajstić information content (AvgIpc) is 2.19. The number of phenolic OH excluding ortho intramolecular Hbond substituents is 1. The highest BCUT2D eigenvalue weighted by molar-refractivity contribution is 5.89. The average molecular weight is 191 g/mol. The number of phenols is 1. The number of nitriles is 1. The summed E-state index contributed by atoms with van der Waals surface area (Å²) in [7, 11) is 0. The van der Waals surface area contributed by atoms with Crippen LogP contribution in [0.5, 0.6) is 5.75 Å². The molecule has 0 radical (unpaired) electrons. The largest absolute Gasteiger partial charge is 0.508 e. The minimum absolute atomic E-state index is 0.0605. The number of nitrogens with zero attached hydrogens (tertiary/aromatic N) is 1. The Hall–Kier alpha value is -2.02. The van der Waals surface area contributed by atoms with Gasteiger partial charge in [0, 0.05) is 23.5 Å². The Balaban J connectivity index is 0.000000791. The Morgan fingerprint density at radius 2 is 2.07 bits per heavy atom. The molecule has 4 N–H and O–H groups in total. The van der Waals surface area contributed by atoms with Crippen LogP contribution in [0.1, 0.15) is 25.0 Å². The number of rotatable bonds is 1. The molecule has 1 aromatic rings. The van der Waals surface area contributed by atoms with E-state index in [9.17, 15) is 0 Å². The minimum atomic E-state index is -0.0605. The van der Waals surface area contributed by atoms with Crippen LogP contribution in [0.3, 0.4) is 0 Å². The fraction of sp³-hybridized carbons (Fsp3) is 0.200. The van der Waals surface area contributed by atoms with Crippen LogP contribution >= 0.6 is 0 Å². The molecule has 0 heterocycles. The fourth-order valence-electron chi connectivity index (χ4n) is 0.913. The molecule has 14 heavy (non-hydrogen) atoms. The lowest BCUT2D eigenvalue weighted by Gasteiger charge is -2.01. The SMILES string of the molecule is CC.N#Cc1cc(O)cc(N)c1C=N. The van der Waals surface area contributed by atoms with Gasteiger partial charge >= 0.3 is 0 Å². The fourth-order valence-corrected chi connectivity index (χ4v) is 0.913. The van der Waals surface area contributed by atoms with E-state index in [-0.39, 0.29) is 17.0 Å². The summed E-state index contributed by atoms with van der Waals surface area (Å²) in [6.07, 6.45) is 0.993. The number of nitrogen functional groups attached to an aromatic ring is 1. The maximum atomic E-state index is 9.04. The van der Waals surface area contributed by atoms with Gasteiger partial charge in [-0.25, -0.2) is 0 Å². The molecule has 0 saturated heterocycles. The Kier molecular flexibility index (Phi) is 4.79. The van der Waals surface area contributed by atoms with Crippen molar-refractivity contribution in [3.05, 3.63) is 23.3 Å². The zero-order chi connectivity index (χ0) is 11.1. The van der Waals surface area contributed by atoms with E-state index in [1.807, 2.05) is 19.9 Å². The Morgan fingerprint density at radius 1 is 1.50 bits per heavy atom. The van der Waals surface area contributed by atoms with Crippen molar-refractivity contribution in [3.63, 3.8) is 0 Å². The summed E-state index contributed by atoms with van der Waals surface area (Å²) < 4.78 is 0. The van der Waals surface area contributed by atoms with E-state index < -0.39 is 0 Å². The van der Waals surface area contributed by atoms with E-state index in [1.54, 1.807) is 0 Å². The summed E-state index contributed by atoms with van der Waals surface area (Å²) in [5.74, 6) is -0.0605. The number of nitrogens with two attached hydrogens (primary N) is 1.